The van der Waals surface area contributed by atoms with Gasteiger partial charge in [-0.25, -0.2) is 0 Å². The van der Waals surface area contributed by atoms with Crippen molar-refractivity contribution in [1.82, 2.24) is 4.90 Å². The predicted molar refractivity (Wildman–Crippen MR) is 203 cm³/mol. The van der Waals surface area contributed by atoms with Gasteiger partial charge in [-0.05, 0) is 177 Å². The Morgan fingerprint density at radius 2 is 1.65 bits per heavy atom. The summed E-state index contributed by atoms with van der Waals surface area (Å²) in [4.78, 5) is 2.72. The Morgan fingerprint density at radius 3 is 2.51 bits per heavy atom. The lowest BCUT2D eigenvalue weighted by Crippen LogP contribution is -2.67. The quantitative estimate of drug-likeness (QED) is 0.284. The molecule has 4 heteroatoms. The van der Waals surface area contributed by atoms with Crippen molar-refractivity contribution >= 4 is 0 Å². The molecule has 3 N–H and O–H groups in total. The van der Waals surface area contributed by atoms with Crippen LogP contribution in [0.1, 0.15) is 101 Å². The molecule has 10 rings (SSSR count). The number of hydrogen-bond acceptors (Lipinski definition) is 4. The monoisotopic (exact) mass is 689 g/mol. The first-order chi connectivity index (χ1) is 24.6. The molecule has 51 heavy (non-hydrogen) atoms. The van der Waals surface area contributed by atoms with E-state index in [1.54, 1.807) is 0 Å². The van der Waals surface area contributed by atoms with E-state index in [0.717, 1.165) is 77.3 Å². The third-order valence-electron chi connectivity index (χ3n) is 17.6. The molecule has 2 aliphatic heterocycles. The zero-order chi connectivity index (χ0) is 34.7. The molecule has 2 heterocycles. The summed E-state index contributed by atoms with van der Waals surface area (Å²) in [6, 6.07) is 20.4. The highest BCUT2D eigenvalue weighted by Gasteiger charge is 2.71. The normalized spacial score (nSPS) is 49.9. The van der Waals surface area contributed by atoms with Crippen LogP contribution in [0.2, 0.25) is 0 Å². The molecule has 2 aromatic carbocycles. The number of allylic oxidation sites excluding steroid dienone is 2. The molecule has 2 saturated heterocycles. The second-order valence-corrected chi connectivity index (χ2v) is 20.1. The Hall–Kier alpha value is -1.98. The smallest absolute Gasteiger partial charge is 0.0805 e. The number of aliphatic hydroxyl groups excluding tert-OH is 2. The van der Waals surface area contributed by atoms with Crippen molar-refractivity contribution < 1.29 is 15.3 Å². The van der Waals surface area contributed by atoms with E-state index in [9.17, 15) is 15.3 Å². The van der Waals surface area contributed by atoms with Gasteiger partial charge in [-0.3, -0.25) is 4.90 Å². The van der Waals surface area contributed by atoms with Crippen molar-refractivity contribution in [3.63, 3.8) is 0 Å². The first kappa shape index (κ1) is 33.6. The predicted octanol–water partition coefficient (Wildman–Crippen LogP) is 8.07. The number of hydrogen-bond donors (Lipinski definition) is 3. The number of aliphatic hydroxyl groups is 3. The summed E-state index contributed by atoms with van der Waals surface area (Å²) >= 11 is 0. The van der Waals surface area contributed by atoms with Gasteiger partial charge in [0.25, 0.3) is 0 Å². The second kappa shape index (κ2) is 12.3. The number of piperidine rings is 2. The third kappa shape index (κ3) is 5.19. The van der Waals surface area contributed by atoms with Crippen LogP contribution in [0.5, 0.6) is 0 Å². The summed E-state index contributed by atoms with van der Waals surface area (Å²) in [5.74, 6) is 5.49. The maximum Gasteiger partial charge on any atom is 0.0805 e. The number of nitrogens with zero attached hydrogens (tertiary/aromatic N) is 1. The molecule has 0 unspecified atom stereocenters. The van der Waals surface area contributed by atoms with E-state index < -0.39 is 5.60 Å². The van der Waals surface area contributed by atoms with Gasteiger partial charge in [0.2, 0.25) is 0 Å². The van der Waals surface area contributed by atoms with Gasteiger partial charge in [0.1, 0.15) is 0 Å². The summed E-state index contributed by atoms with van der Waals surface area (Å²) in [6.45, 7) is 6.92. The third-order valence-corrected chi connectivity index (χ3v) is 17.6. The van der Waals surface area contributed by atoms with Crippen LogP contribution < -0.4 is 0 Å². The molecule has 8 aliphatic rings. The van der Waals surface area contributed by atoms with E-state index in [2.05, 4.69) is 85.5 Å². The minimum atomic E-state index is -0.612. The molecule has 0 bridgehead atoms. The molecule has 0 radical (unpaired) electrons. The van der Waals surface area contributed by atoms with Crippen LogP contribution in [0.4, 0.5) is 0 Å². The lowest BCUT2D eigenvalue weighted by Gasteiger charge is -2.63. The first-order valence-corrected chi connectivity index (χ1v) is 21.3. The van der Waals surface area contributed by atoms with E-state index in [4.69, 9.17) is 0 Å². The summed E-state index contributed by atoms with van der Waals surface area (Å²) in [7, 11) is 0. The van der Waals surface area contributed by atoms with Crippen LogP contribution in [-0.4, -0.2) is 57.2 Å². The average molecular weight is 690 g/mol. The van der Waals surface area contributed by atoms with Crippen LogP contribution in [0.3, 0.4) is 0 Å². The fraction of sp³-hybridized carbons (Fsp3) is 0.702. The lowest BCUT2D eigenvalue weighted by atomic mass is 9.42. The number of rotatable bonds is 4. The van der Waals surface area contributed by atoms with Gasteiger partial charge in [0, 0.05) is 19.1 Å². The van der Waals surface area contributed by atoms with E-state index in [0.29, 0.717) is 59.3 Å². The second-order valence-electron chi connectivity index (χ2n) is 20.1. The number of benzene rings is 2. The molecular formula is C47H63NO3. The van der Waals surface area contributed by atoms with Crippen LogP contribution in [0, 0.1) is 70.0 Å². The first-order valence-electron chi connectivity index (χ1n) is 21.3. The summed E-state index contributed by atoms with van der Waals surface area (Å²) in [6.07, 6.45) is 18.8. The molecule has 0 aromatic heterocycles. The van der Waals surface area contributed by atoms with Crippen LogP contribution in [0.25, 0.3) is 0 Å². The van der Waals surface area contributed by atoms with Crippen molar-refractivity contribution in [2.45, 2.75) is 121 Å². The lowest BCUT2D eigenvalue weighted by molar-refractivity contribution is -0.189. The average Bonchev–Trinajstić information content (AvgIpc) is 3.66. The Balaban J connectivity index is 0.923. The van der Waals surface area contributed by atoms with Gasteiger partial charge in [0.15, 0.2) is 0 Å². The molecule has 7 fully saturated rings. The largest absolute Gasteiger partial charge is 0.393 e. The fourth-order valence-corrected chi connectivity index (χ4v) is 15.9. The van der Waals surface area contributed by atoms with Crippen molar-refractivity contribution in [3.8, 4) is 0 Å². The summed E-state index contributed by atoms with van der Waals surface area (Å²) < 4.78 is 0. The van der Waals surface area contributed by atoms with Crippen LogP contribution in [-0.2, 0) is 12.8 Å². The van der Waals surface area contributed by atoms with E-state index in [1.165, 1.54) is 36.0 Å². The SMILES string of the molecule is C[C@@H]1CC[C@H]2N(C1)C[C@H]1[C@H]3[C@@H]4C=CC[C@@]56C[C@]7(CC[C@H](Cc8cccc(Cc9ccccc9)c8)C7)[C@H](O)C[C@H]5[C@@H](O)C[C@H]([C@H]3CC[C@H]1[C@]2(C)O)[C@H]46. The molecule has 274 valence electrons. The van der Waals surface area contributed by atoms with Gasteiger partial charge in [-0.2, -0.15) is 0 Å². The van der Waals surface area contributed by atoms with Crippen molar-refractivity contribution in [2.75, 3.05) is 13.1 Å². The highest BCUT2D eigenvalue weighted by atomic mass is 16.3. The summed E-state index contributed by atoms with van der Waals surface area (Å²) in [5.41, 5.74) is 3.66. The Morgan fingerprint density at radius 1 is 0.824 bits per heavy atom. The fourth-order valence-electron chi connectivity index (χ4n) is 15.9. The molecular weight excluding hydrogens is 627 g/mol. The number of fused-ring (bicyclic) bond motifs is 6. The van der Waals surface area contributed by atoms with Gasteiger partial charge in [-0.1, -0.05) is 73.7 Å². The van der Waals surface area contributed by atoms with Gasteiger partial charge in [-0.15, -0.1) is 0 Å². The summed E-state index contributed by atoms with van der Waals surface area (Å²) in [5, 5.41) is 36.6. The zero-order valence-corrected chi connectivity index (χ0v) is 31.3. The molecule has 2 aromatic rings. The molecule has 2 spiro atoms. The molecule has 6 aliphatic carbocycles. The van der Waals surface area contributed by atoms with E-state index in [-0.39, 0.29) is 29.0 Å². The Bertz CT molecular complexity index is 1640. The van der Waals surface area contributed by atoms with Gasteiger partial charge in [0.05, 0.1) is 17.8 Å². The maximum absolute atomic E-state index is 12.3. The van der Waals surface area contributed by atoms with Crippen molar-refractivity contribution in [3.05, 3.63) is 83.4 Å². The van der Waals surface area contributed by atoms with Crippen LogP contribution in [0.15, 0.2) is 66.7 Å². The van der Waals surface area contributed by atoms with Gasteiger partial charge >= 0.3 is 0 Å². The molecule has 16 atom stereocenters. The minimum Gasteiger partial charge on any atom is -0.393 e. The van der Waals surface area contributed by atoms with Crippen molar-refractivity contribution in [1.29, 1.82) is 0 Å². The van der Waals surface area contributed by atoms with Gasteiger partial charge < -0.3 is 15.3 Å². The highest BCUT2D eigenvalue weighted by molar-refractivity contribution is 5.31. The molecule has 0 amide bonds. The standard InChI is InChI=1S/C47H63NO3/c1-29-13-16-41-45(2,51)38-15-14-34-36-23-40(49)39-24-42(50)46(28-47(39)18-7-12-35(44(36)47)43(34)37(38)27-48(41)26-29)19-17-33(25-46)22-32-11-6-10-31(21-32)20-30-8-4-3-5-9-30/h3-12,21,29,33-44,49-51H,13-20,22-28H2,1-2H3/t29-,33-,34-,35+,36-,37-,38-,39+,40+,41-,42-,43-,44+,45+,46-,47-/m1/s1. The Labute approximate surface area is 307 Å². The van der Waals surface area contributed by atoms with Crippen molar-refractivity contribution in [2.24, 2.45) is 70.0 Å². The minimum absolute atomic E-state index is 0.0257. The highest BCUT2D eigenvalue weighted by Crippen LogP contribution is 2.74. The zero-order valence-electron chi connectivity index (χ0n) is 31.3. The van der Waals surface area contributed by atoms with Crippen LogP contribution >= 0.6 is 0 Å². The Kier molecular flexibility index (Phi) is 8.08. The maximum atomic E-state index is 12.3. The van der Waals surface area contributed by atoms with E-state index >= 15 is 0 Å². The molecule has 4 nitrogen and oxygen atoms in total. The topological polar surface area (TPSA) is 63.9 Å². The van der Waals surface area contributed by atoms with E-state index in [1.807, 2.05) is 0 Å². The molecule has 5 saturated carbocycles.